The monoisotopic (exact) mass is 265 g/mol. The molecule has 0 saturated carbocycles. The van der Waals surface area contributed by atoms with E-state index in [2.05, 4.69) is 22.0 Å². The van der Waals surface area contributed by atoms with E-state index in [-0.39, 0.29) is 0 Å². The topological polar surface area (TPSA) is 18.5 Å². The highest BCUT2D eigenvalue weighted by molar-refractivity contribution is 4.85. The van der Waals surface area contributed by atoms with E-state index in [4.69, 9.17) is 0 Å². The molecule has 3 fully saturated rings. The molecule has 19 heavy (non-hydrogen) atoms. The standard InChI is InChI=1S/C16H31N3/c1-14-10-16(12-17-11-14)19-8-4-15(5-9-19)13-18-6-2-3-7-18/h14-17H,2-13H2,1H3. The molecule has 110 valence electrons. The van der Waals surface area contributed by atoms with Crippen molar-refractivity contribution in [2.45, 2.75) is 45.1 Å². The summed E-state index contributed by atoms with van der Waals surface area (Å²) in [5.41, 5.74) is 0. The second kappa shape index (κ2) is 6.55. The van der Waals surface area contributed by atoms with Gasteiger partial charge in [-0.3, -0.25) is 4.90 Å². The first-order valence-corrected chi connectivity index (χ1v) is 8.48. The summed E-state index contributed by atoms with van der Waals surface area (Å²) in [5.74, 6) is 1.84. The number of nitrogens with one attached hydrogen (secondary N) is 1. The fourth-order valence-corrected chi connectivity index (χ4v) is 4.24. The molecule has 3 heterocycles. The third-order valence-corrected chi connectivity index (χ3v) is 5.43. The summed E-state index contributed by atoms with van der Waals surface area (Å²) in [7, 11) is 0. The molecule has 0 aliphatic carbocycles. The molecule has 2 atom stereocenters. The minimum absolute atomic E-state index is 0.816. The molecule has 3 rings (SSSR count). The first kappa shape index (κ1) is 13.8. The number of hydrogen-bond donors (Lipinski definition) is 1. The van der Waals surface area contributed by atoms with Gasteiger partial charge in [0.1, 0.15) is 0 Å². The molecule has 2 unspecified atom stereocenters. The Labute approximate surface area is 118 Å². The van der Waals surface area contributed by atoms with Gasteiger partial charge in [-0.15, -0.1) is 0 Å². The Balaban J connectivity index is 1.41. The molecule has 0 aromatic rings. The van der Waals surface area contributed by atoms with Gasteiger partial charge < -0.3 is 10.2 Å². The molecule has 0 aromatic carbocycles. The van der Waals surface area contributed by atoms with Gasteiger partial charge in [0.15, 0.2) is 0 Å². The van der Waals surface area contributed by atoms with Crippen LogP contribution in [0, 0.1) is 11.8 Å². The molecule has 0 bridgehead atoms. The van der Waals surface area contributed by atoms with E-state index < -0.39 is 0 Å². The Morgan fingerprint density at radius 1 is 1.00 bits per heavy atom. The average Bonchev–Trinajstić information content (AvgIpc) is 2.92. The summed E-state index contributed by atoms with van der Waals surface area (Å²) in [6, 6.07) is 0.816. The summed E-state index contributed by atoms with van der Waals surface area (Å²) in [6.45, 7) is 11.6. The van der Waals surface area contributed by atoms with Gasteiger partial charge in [0.2, 0.25) is 0 Å². The second-order valence-corrected chi connectivity index (χ2v) is 7.14. The normalized spacial score (nSPS) is 35.8. The summed E-state index contributed by atoms with van der Waals surface area (Å²) in [6.07, 6.45) is 7.14. The lowest BCUT2D eigenvalue weighted by Crippen LogP contribution is -2.51. The summed E-state index contributed by atoms with van der Waals surface area (Å²) >= 11 is 0. The van der Waals surface area contributed by atoms with E-state index in [0.717, 1.165) is 17.9 Å². The molecule has 3 aliphatic heterocycles. The van der Waals surface area contributed by atoms with Crippen LogP contribution in [0.2, 0.25) is 0 Å². The Kier molecular flexibility index (Phi) is 4.78. The first-order valence-electron chi connectivity index (χ1n) is 8.48. The summed E-state index contributed by atoms with van der Waals surface area (Å²) in [5, 5.41) is 3.60. The molecular formula is C16H31N3. The van der Waals surface area contributed by atoms with Gasteiger partial charge in [0, 0.05) is 19.1 Å². The van der Waals surface area contributed by atoms with Crippen LogP contribution in [-0.4, -0.2) is 61.7 Å². The zero-order valence-corrected chi connectivity index (χ0v) is 12.6. The molecule has 3 saturated heterocycles. The maximum atomic E-state index is 3.60. The zero-order valence-electron chi connectivity index (χ0n) is 12.6. The summed E-state index contributed by atoms with van der Waals surface area (Å²) < 4.78 is 0. The third kappa shape index (κ3) is 3.71. The lowest BCUT2D eigenvalue weighted by atomic mass is 9.91. The maximum Gasteiger partial charge on any atom is 0.0223 e. The van der Waals surface area contributed by atoms with Gasteiger partial charge in [-0.25, -0.2) is 0 Å². The van der Waals surface area contributed by atoms with Crippen molar-refractivity contribution in [3.05, 3.63) is 0 Å². The highest BCUT2D eigenvalue weighted by Crippen LogP contribution is 2.24. The van der Waals surface area contributed by atoms with Gasteiger partial charge in [-0.2, -0.15) is 0 Å². The van der Waals surface area contributed by atoms with Gasteiger partial charge in [-0.05, 0) is 76.7 Å². The number of piperidine rings is 2. The molecule has 3 nitrogen and oxygen atoms in total. The predicted molar refractivity (Wildman–Crippen MR) is 80.4 cm³/mol. The first-order chi connectivity index (χ1) is 9.31. The predicted octanol–water partition coefficient (Wildman–Crippen LogP) is 1.79. The molecule has 0 radical (unpaired) electrons. The number of nitrogens with zero attached hydrogens (tertiary/aromatic N) is 2. The Morgan fingerprint density at radius 2 is 1.74 bits per heavy atom. The fourth-order valence-electron chi connectivity index (χ4n) is 4.24. The molecule has 0 aromatic heterocycles. The Morgan fingerprint density at radius 3 is 2.42 bits per heavy atom. The number of hydrogen-bond acceptors (Lipinski definition) is 3. The van der Waals surface area contributed by atoms with Crippen LogP contribution in [0.15, 0.2) is 0 Å². The number of rotatable bonds is 3. The molecule has 0 amide bonds. The average molecular weight is 265 g/mol. The van der Waals surface area contributed by atoms with Gasteiger partial charge >= 0.3 is 0 Å². The van der Waals surface area contributed by atoms with Crippen LogP contribution in [-0.2, 0) is 0 Å². The lowest BCUT2D eigenvalue weighted by Gasteiger charge is -2.41. The van der Waals surface area contributed by atoms with E-state index >= 15 is 0 Å². The second-order valence-electron chi connectivity index (χ2n) is 7.14. The largest absolute Gasteiger partial charge is 0.315 e. The molecular weight excluding hydrogens is 234 g/mol. The van der Waals surface area contributed by atoms with Crippen molar-refractivity contribution in [2.24, 2.45) is 11.8 Å². The highest BCUT2D eigenvalue weighted by Gasteiger charge is 2.29. The van der Waals surface area contributed by atoms with Gasteiger partial charge in [0.25, 0.3) is 0 Å². The fraction of sp³-hybridized carbons (Fsp3) is 1.00. The SMILES string of the molecule is CC1CNCC(N2CCC(CN3CCCC3)CC2)C1. The van der Waals surface area contributed by atoms with E-state index in [1.165, 1.54) is 77.9 Å². The smallest absolute Gasteiger partial charge is 0.0223 e. The van der Waals surface area contributed by atoms with Crippen molar-refractivity contribution in [3.8, 4) is 0 Å². The molecule has 3 aliphatic rings. The Bertz CT molecular complexity index is 267. The van der Waals surface area contributed by atoms with Crippen LogP contribution < -0.4 is 5.32 Å². The van der Waals surface area contributed by atoms with Crippen molar-refractivity contribution < 1.29 is 0 Å². The van der Waals surface area contributed by atoms with Gasteiger partial charge in [0.05, 0.1) is 0 Å². The van der Waals surface area contributed by atoms with E-state index in [1.807, 2.05) is 0 Å². The zero-order chi connectivity index (χ0) is 13.1. The van der Waals surface area contributed by atoms with Crippen LogP contribution in [0.3, 0.4) is 0 Å². The number of likely N-dealkylation sites (tertiary alicyclic amines) is 2. The van der Waals surface area contributed by atoms with Crippen molar-refractivity contribution in [1.29, 1.82) is 0 Å². The van der Waals surface area contributed by atoms with Crippen molar-refractivity contribution in [1.82, 2.24) is 15.1 Å². The van der Waals surface area contributed by atoms with E-state index in [1.54, 1.807) is 0 Å². The third-order valence-electron chi connectivity index (χ3n) is 5.43. The van der Waals surface area contributed by atoms with Gasteiger partial charge in [-0.1, -0.05) is 6.92 Å². The molecule has 0 spiro atoms. The van der Waals surface area contributed by atoms with Crippen molar-refractivity contribution in [3.63, 3.8) is 0 Å². The molecule has 1 N–H and O–H groups in total. The lowest BCUT2D eigenvalue weighted by molar-refractivity contribution is 0.0903. The van der Waals surface area contributed by atoms with Crippen LogP contribution in [0.4, 0.5) is 0 Å². The summed E-state index contributed by atoms with van der Waals surface area (Å²) in [4.78, 5) is 5.47. The van der Waals surface area contributed by atoms with Crippen LogP contribution in [0.25, 0.3) is 0 Å². The maximum absolute atomic E-state index is 3.60. The van der Waals surface area contributed by atoms with Crippen molar-refractivity contribution >= 4 is 0 Å². The van der Waals surface area contributed by atoms with E-state index in [9.17, 15) is 0 Å². The Hall–Kier alpha value is -0.120. The van der Waals surface area contributed by atoms with Crippen molar-refractivity contribution in [2.75, 3.05) is 45.8 Å². The highest BCUT2D eigenvalue weighted by atomic mass is 15.2. The van der Waals surface area contributed by atoms with Crippen LogP contribution >= 0.6 is 0 Å². The molecule has 3 heteroatoms. The van der Waals surface area contributed by atoms with Crippen LogP contribution in [0.1, 0.15) is 39.0 Å². The van der Waals surface area contributed by atoms with Crippen LogP contribution in [0.5, 0.6) is 0 Å². The quantitative estimate of drug-likeness (QED) is 0.839. The van der Waals surface area contributed by atoms with E-state index in [0.29, 0.717) is 0 Å². The minimum atomic E-state index is 0.816. The minimum Gasteiger partial charge on any atom is -0.315 e.